The van der Waals surface area contributed by atoms with E-state index in [1.165, 1.54) is 12.1 Å². The zero-order valence-electron chi connectivity index (χ0n) is 16.5. The highest BCUT2D eigenvalue weighted by molar-refractivity contribution is 5.74. The number of urea groups is 1. The van der Waals surface area contributed by atoms with Gasteiger partial charge in [-0.1, -0.05) is 12.1 Å². The summed E-state index contributed by atoms with van der Waals surface area (Å²) in [6.07, 6.45) is 1.79. The summed E-state index contributed by atoms with van der Waals surface area (Å²) in [5, 5.41) is 2.91. The number of aryl methyl sites for hydroxylation is 1. The van der Waals surface area contributed by atoms with E-state index in [9.17, 15) is 9.18 Å². The van der Waals surface area contributed by atoms with Gasteiger partial charge in [-0.2, -0.15) is 0 Å². The molecule has 7 nitrogen and oxygen atoms in total. The maximum absolute atomic E-state index is 13.0. The Hall–Kier alpha value is -3.00. The number of carbonyl (C=O) groups excluding carboxylic acids is 1. The molecule has 1 aromatic carbocycles. The van der Waals surface area contributed by atoms with Crippen molar-refractivity contribution in [1.29, 1.82) is 0 Å². The van der Waals surface area contributed by atoms with Gasteiger partial charge >= 0.3 is 6.03 Å². The van der Waals surface area contributed by atoms with Crippen LogP contribution in [0.4, 0.5) is 9.18 Å². The average molecular weight is 396 g/mol. The van der Waals surface area contributed by atoms with E-state index in [-0.39, 0.29) is 11.8 Å². The summed E-state index contributed by atoms with van der Waals surface area (Å²) in [5.41, 5.74) is 2.73. The summed E-state index contributed by atoms with van der Waals surface area (Å²) in [6.45, 7) is 7.19. The van der Waals surface area contributed by atoms with Gasteiger partial charge in [0.2, 0.25) is 0 Å². The molecule has 0 aliphatic carbocycles. The molecule has 3 aromatic rings. The molecule has 0 atom stereocenters. The largest absolute Gasteiger partial charge is 0.334 e. The molecule has 1 N–H and O–H groups in total. The number of pyridine rings is 1. The lowest BCUT2D eigenvalue weighted by atomic mass is 10.2. The number of carbonyl (C=O) groups is 1. The highest BCUT2D eigenvalue weighted by atomic mass is 19.1. The quantitative estimate of drug-likeness (QED) is 0.719. The van der Waals surface area contributed by atoms with Crippen LogP contribution in [0.25, 0.3) is 11.2 Å². The Morgan fingerprint density at radius 3 is 2.62 bits per heavy atom. The second-order valence-corrected chi connectivity index (χ2v) is 7.27. The highest BCUT2D eigenvalue weighted by Gasteiger charge is 2.21. The Morgan fingerprint density at radius 2 is 1.86 bits per heavy atom. The van der Waals surface area contributed by atoms with Crippen molar-refractivity contribution in [2.75, 3.05) is 32.7 Å². The summed E-state index contributed by atoms with van der Waals surface area (Å²) >= 11 is 0. The van der Waals surface area contributed by atoms with E-state index in [0.717, 1.165) is 48.7 Å². The molecule has 2 aromatic heterocycles. The second-order valence-electron chi connectivity index (χ2n) is 7.27. The molecule has 1 saturated heterocycles. The summed E-state index contributed by atoms with van der Waals surface area (Å²) in [7, 11) is 0. The number of rotatable bonds is 5. The number of nitrogens with zero attached hydrogens (tertiary/aromatic N) is 5. The SMILES string of the molecule is Cc1nc2cccnc2n1CCN1CCN(C(=O)NCc2ccc(F)cc2)CC1. The minimum Gasteiger partial charge on any atom is -0.334 e. The zero-order chi connectivity index (χ0) is 20.2. The molecule has 0 saturated carbocycles. The van der Waals surface area contributed by atoms with Gasteiger partial charge in [0.1, 0.15) is 17.2 Å². The Labute approximate surface area is 169 Å². The fourth-order valence-electron chi connectivity index (χ4n) is 3.65. The molecule has 1 aliphatic heterocycles. The van der Waals surface area contributed by atoms with Crippen LogP contribution < -0.4 is 5.32 Å². The summed E-state index contributed by atoms with van der Waals surface area (Å²) < 4.78 is 15.1. The van der Waals surface area contributed by atoms with Gasteiger partial charge in [-0.15, -0.1) is 0 Å². The van der Waals surface area contributed by atoms with Gasteiger partial charge in [0, 0.05) is 52.0 Å². The molecule has 29 heavy (non-hydrogen) atoms. The molecule has 152 valence electrons. The molecule has 0 bridgehead atoms. The third-order valence-electron chi connectivity index (χ3n) is 5.35. The van der Waals surface area contributed by atoms with Crippen LogP contribution in [0.1, 0.15) is 11.4 Å². The molecule has 2 amide bonds. The van der Waals surface area contributed by atoms with Gasteiger partial charge in [0.25, 0.3) is 0 Å². The number of amides is 2. The first-order valence-electron chi connectivity index (χ1n) is 9.87. The van der Waals surface area contributed by atoms with Gasteiger partial charge in [0.15, 0.2) is 5.65 Å². The lowest BCUT2D eigenvalue weighted by Crippen LogP contribution is -2.52. The maximum atomic E-state index is 13.0. The number of piperazine rings is 1. The Balaban J connectivity index is 1.24. The Morgan fingerprint density at radius 1 is 1.10 bits per heavy atom. The van der Waals surface area contributed by atoms with Crippen LogP contribution in [0, 0.1) is 12.7 Å². The normalized spacial score (nSPS) is 15.0. The smallest absolute Gasteiger partial charge is 0.317 e. The summed E-state index contributed by atoms with van der Waals surface area (Å²) in [4.78, 5) is 25.6. The Bertz CT molecular complexity index is 979. The van der Waals surface area contributed by atoms with E-state index >= 15 is 0 Å². The molecule has 1 aliphatic rings. The van der Waals surface area contributed by atoms with Crippen molar-refractivity contribution in [2.45, 2.75) is 20.0 Å². The van der Waals surface area contributed by atoms with Crippen LogP contribution in [0.15, 0.2) is 42.6 Å². The van der Waals surface area contributed by atoms with Crippen molar-refractivity contribution in [1.82, 2.24) is 29.7 Å². The first-order chi connectivity index (χ1) is 14.1. The lowest BCUT2D eigenvalue weighted by Gasteiger charge is -2.34. The van der Waals surface area contributed by atoms with Crippen LogP contribution in [0.5, 0.6) is 0 Å². The third kappa shape index (κ3) is 4.54. The highest BCUT2D eigenvalue weighted by Crippen LogP contribution is 2.13. The number of imidazole rings is 1. The van der Waals surface area contributed by atoms with Gasteiger partial charge < -0.3 is 14.8 Å². The molecule has 8 heteroatoms. The molecule has 0 spiro atoms. The maximum Gasteiger partial charge on any atom is 0.317 e. The van der Waals surface area contributed by atoms with Crippen molar-refractivity contribution >= 4 is 17.2 Å². The van der Waals surface area contributed by atoms with Crippen LogP contribution in [0.2, 0.25) is 0 Å². The van der Waals surface area contributed by atoms with Crippen LogP contribution in [-0.2, 0) is 13.1 Å². The minimum absolute atomic E-state index is 0.0744. The predicted octanol–water partition coefficient (Wildman–Crippen LogP) is 2.41. The van der Waals surface area contributed by atoms with Gasteiger partial charge in [-0.05, 0) is 36.8 Å². The second kappa shape index (κ2) is 8.57. The predicted molar refractivity (Wildman–Crippen MR) is 109 cm³/mol. The number of aromatic nitrogens is 3. The van der Waals surface area contributed by atoms with E-state index in [2.05, 4.69) is 24.8 Å². The summed E-state index contributed by atoms with van der Waals surface area (Å²) in [6, 6.07) is 9.99. The van der Waals surface area contributed by atoms with Crippen LogP contribution >= 0.6 is 0 Å². The van der Waals surface area contributed by atoms with E-state index in [0.29, 0.717) is 19.6 Å². The van der Waals surface area contributed by atoms with Crippen LogP contribution in [-0.4, -0.2) is 63.1 Å². The molecule has 1 fully saturated rings. The number of hydrogen-bond donors (Lipinski definition) is 1. The third-order valence-corrected chi connectivity index (χ3v) is 5.35. The molecule has 0 radical (unpaired) electrons. The minimum atomic E-state index is -0.272. The number of benzene rings is 1. The molecule has 3 heterocycles. The first-order valence-corrected chi connectivity index (χ1v) is 9.87. The van der Waals surface area contributed by atoms with Crippen molar-refractivity contribution in [3.8, 4) is 0 Å². The molecular weight excluding hydrogens is 371 g/mol. The van der Waals surface area contributed by atoms with Crippen molar-refractivity contribution < 1.29 is 9.18 Å². The molecule has 4 rings (SSSR count). The van der Waals surface area contributed by atoms with Crippen molar-refractivity contribution in [3.05, 3.63) is 59.8 Å². The Kier molecular flexibility index (Phi) is 5.71. The number of halogens is 1. The zero-order valence-corrected chi connectivity index (χ0v) is 16.5. The van der Waals surface area contributed by atoms with Crippen molar-refractivity contribution in [3.63, 3.8) is 0 Å². The van der Waals surface area contributed by atoms with E-state index in [1.807, 2.05) is 24.0 Å². The van der Waals surface area contributed by atoms with Crippen LogP contribution in [0.3, 0.4) is 0 Å². The number of nitrogens with one attached hydrogen (secondary N) is 1. The number of fused-ring (bicyclic) bond motifs is 1. The van der Waals surface area contributed by atoms with Gasteiger partial charge in [-0.25, -0.2) is 19.2 Å². The molecular formula is C21H25FN6O. The lowest BCUT2D eigenvalue weighted by molar-refractivity contribution is 0.136. The standard InChI is InChI=1S/C21H25FN6O/c1-16-25-19-3-2-8-23-20(19)28(16)14-11-26-9-12-27(13-10-26)21(29)24-15-17-4-6-18(22)7-5-17/h2-8H,9-15H2,1H3,(H,24,29). The van der Waals surface area contributed by atoms with Crippen molar-refractivity contribution in [2.24, 2.45) is 0 Å². The fraction of sp³-hybridized carbons (Fsp3) is 0.381. The van der Waals surface area contributed by atoms with Gasteiger partial charge in [0.05, 0.1) is 0 Å². The topological polar surface area (TPSA) is 66.3 Å². The monoisotopic (exact) mass is 396 g/mol. The van der Waals surface area contributed by atoms with Gasteiger partial charge in [-0.3, -0.25) is 4.90 Å². The molecule has 0 unspecified atom stereocenters. The first kappa shape index (κ1) is 19.3. The summed E-state index contributed by atoms with van der Waals surface area (Å²) in [5.74, 6) is 0.698. The average Bonchev–Trinajstić information content (AvgIpc) is 3.07. The van der Waals surface area contributed by atoms with E-state index in [4.69, 9.17) is 0 Å². The van der Waals surface area contributed by atoms with E-state index < -0.39 is 0 Å². The van der Waals surface area contributed by atoms with E-state index in [1.54, 1.807) is 18.3 Å². The number of hydrogen-bond acceptors (Lipinski definition) is 4. The fourth-order valence-corrected chi connectivity index (χ4v) is 3.65.